The van der Waals surface area contributed by atoms with Gasteiger partial charge in [-0.05, 0) is 0 Å². The second-order valence-electron chi connectivity index (χ2n) is 3.96. The van der Waals surface area contributed by atoms with Gasteiger partial charge < -0.3 is 0 Å². The van der Waals surface area contributed by atoms with E-state index in [1.165, 1.54) is 0 Å². The zero-order chi connectivity index (χ0) is 19.2. The molecule has 0 radical (unpaired) electrons. The van der Waals surface area contributed by atoms with Crippen molar-refractivity contribution in [1.82, 2.24) is 0 Å². The third-order valence-electron chi connectivity index (χ3n) is 2.35. The van der Waals surface area contributed by atoms with Gasteiger partial charge in [-0.2, -0.15) is 43.5 Å². The molecule has 2 unspecified atom stereocenters. The fourth-order valence-electron chi connectivity index (χ4n) is 1.08. The molecule has 3 nitrogen and oxygen atoms in total. The Labute approximate surface area is 119 Å². The summed E-state index contributed by atoms with van der Waals surface area (Å²) < 4.78 is 178. The zero-order valence-corrected chi connectivity index (χ0v) is 10.8. The first-order valence-electron chi connectivity index (χ1n) is 4.80. The number of halogens is 12. The van der Waals surface area contributed by atoms with Gasteiger partial charge in [0.2, 0.25) is 6.17 Å². The van der Waals surface area contributed by atoms with Crippen LogP contribution in [0.2, 0.25) is 0 Å². The standard InChI is InChI=1S/C7H4F12O3S/c8-1(2(9)10)4(12,13)6(16,17)7(18,19)5(14,15)3(11)23(20,21)22/h1-3H,(H,20,21,22). The maximum Gasteiger partial charge on any atom is 0.382 e. The van der Waals surface area contributed by atoms with Crippen molar-refractivity contribution < 1.29 is 65.7 Å². The van der Waals surface area contributed by atoms with Crippen molar-refractivity contribution in [3.05, 3.63) is 0 Å². The van der Waals surface area contributed by atoms with Gasteiger partial charge in [0.05, 0.1) is 0 Å². The number of rotatable bonds is 7. The van der Waals surface area contributed by atoms with Gasteiger partial charge in [-0.15, -0.1) is 0 Å². The highest BCUT2D eigenvalue weighted by Gasteiger charge is 2.85. The Morgan fingerprint density at radius 3 is 1.26 bits per heavy atom. The fraction of sp³-hybridized carbons (Fsp3) is 1.00. The molecule has 0 aromatic heterocycles. The minimum atomic E-state index is -7.68. The van der Waals surface area contributed by atoms with Crippen LogP contribution >= 0.6 is 0 Å². The predicted molar refractivity (Wildman–Crippen MR) is 47.1 cm³/mol. The first kappa shape index (κ1) is 22.1. The van der Waals surface area contributed by atoms with E-state index in [0.29, 0.717) is 0 Å². The lowest BCUT2D eigenvalue weighted by Gasteiger charge is -2.37. The second-order valence-corrected chi connectivity index (χ2v) is 5.41. The lowest BCUT2D eigenvalue weighted by atomic mass is 9.96. The molecule has 0 aromatic carbocycles. The molecule has 1 N–H and O–H groups in total. The maximum atomic E-state index is 12.9. The Morgan fingerprint density at radius 2 is 1.00 bits per heavy atom. The monoisotopic (exact) mass is 396 g/mol. The largest absolute Gasteiger partial charge is 0.382 e. The van der Waals surface area contributed by atoms with E-state index in [-0.39, 0.29) is 0 Å². The molecule has 0 aromatic rings. The van der Waals surface area contributed by atoms with E-state index in [9.17, 15) is 61.1 Å². The van der Waals surface area contributed by atoms with E-state index in [1.807, 2.05) is 0 Å². The van der Waals surface area contributed by atoms with Gasteiger partial charge in [0, 0.05) is 0 Å². The van der Waals surface area contributed by atoms with E-state index in [1.54, 1.807) is 0 Å². The molecule has 0 aliphatic carbocycles. The second kappa shape index (κ2) is 5.86. The Balaban J connectivity index is 6.17. The van der Waals surface area contributed by atoms with Gasteiger partial charge in [-0.25, -0.2) is 17.6 Å². The van der Waals surface area contributed by atoms with Crippen molar-refractivity contribution in [2.45, 2.75) is 41.8 Å². The van der Waals surface area contributed by atoms with Gasteiger partial charge in [0.1, 0.15) is 0 Å². The Hall–Kier alpha value is -0.930. The Bertz CT molecular complexity index is 529. The minimum Gasteiger partial charge on any atom is -0.283 e. The van der Waals surface area contributed by atoms with Gasteiger partial charge >= 0.3 is 33.8 Å². The summed E-state index contributed by atoms with van der Waals surface area (Å²) >= 11 is 0. The number of alkyl halides is 12. The molecule has 140 valence electrons. The van der Waals surface area contributed by atoms with E-state index >= 15 is 0 Å². The van der Waals surface area contributed by atoms with Crippen LogP contribution in [0.5, 0.6) is 0 Å². The average molecular weight is 396 g/mol. The average Bonchev–Trinajstić information content (AvgIpc) is 2.34. The highest BCUT2D eigenvalue weighted by atomic mass is 32.2. The lowest BCUT2D eigenvalue weighted by molar-refractivity contribution is -0.383. The van der Waals surface area contributed by atoms with Crippen LogP contribution in [0, 0.1) is 0 Å². The third kappa shape index (κ3) is 3.32. The Kier molecular flexibility index (Phi) is 5.62. The molecule has 0 aliphatic heterocycles. The van der Waals surface area contributed by atoms with Crippen LogP contribution in [0.3, 0.4) is 0 Å². The molecule has 16 heteroatoms. The highest BCUT2D eigenvalue weighted by molar-refractivity contribution is 7.86. The summed E-state index contributed by atoms with van der Waals surface area (Å²) in [6.07, 6.45) is -10.4. The molecule has 0 fully saturated rings. The molecule has 23 heavy (non-hydrogen) atoms. The van der Waals surface area contributed by atoms with Crippen molar-refractivity contribution in [2.75, 3.05) is 0 Å². The zero-order valence-electron chi connectivity index (χ0n) is 9.94. The molecular weight excluding hydrogens is 392 g/mol. The molecule has 2 atom stereocenters. The molecule has 0 aliphatic rings. The fourth-order valence-corrected chi connectivity index (χ4v) is 1.60. The molecular formula is C7H4F12O3S. The smallest absolute Gasteiger partial charge is 0.283 e. The summed E-state index contributed by atoms with van der Waals surface area (Å²) in [6.45, 7) is 0. The SMILES string of the molecule is O=S(=O)(O)C(F)C(F)(F)C(F)(F)C(F)(F)C(F)(F)C(F)C(F)F. The number of hydrogen-bond donors (Lipinski definition) is 1. The third-order valence-corrected chi connectivity index (χ3v) is 3.16. The van der Waals surface area contributed by atoms with Crippen LogP contribution in [0.1, 0.15) is 0 Å². The summed E-state index contributed by atoms with van der Waals surface area (Å²) in [5.74, 6) is -29.7. The molecule has 0 rings (SSSR count). The van der Waals surface area contributed by atoms with E-state index in [2.05, 4.69) is 0 Å². The van der Waals surface area contributed by atoms with Crippen LogP contribution < -0.4 is 0 Å². The first-order valence-corrected chi connectivity index (χ1v) is 6.30. The Morgan fingerprint density at radius 1 is 0.696 bits per heavy atom. The molecule has 0 spiro atoms. The lowest BCUT2D eigenvalue weighted by Crippen LogP contribution is -2.68. The highest BCUT2D eigenvalue weighted by Crippen LogP contribution is 2.56. The van der Waals surface area contributed by atoms with Crippen LogP contribution in [0.15, 0.2) is 0 Å². The molecule has 0 heterocycles. The van der Waals surface area contributed by atoms with E-state index < -0.39 is 51.9 Å². The van der Waals surface area contributed by atoms with Crippen molar-refractivity contribution in [2.24, 2.45) is 0 Å². The molecule has 0 bridgehead atoms. The van der Waals surface area contributed by atoms with Crippen LogP contribution in [-0.4, -0.2) is 54.8 Å². The van der Waals surface area contributed by atoms with Crippen molar-refractivity contribution in [3.63, 3.8) is 0 Å². The van der Waals surface area contributed by atoms with Gasteiger partial charge in [-0.1, -0.05) is 0 Å². The van der Waals surface area contributed by atoms with Crippen molar-refractivity contribution in [3.8, 4) is 0 Å². The summed E-state index contributed by atoms with van der Waals surface area (Å²) in [7, 11) is -6.80. The summed E-state index contributed by atoms with van der Waals surface area (Å²) in [5, 5.41) is 0. The van der Waals surface area contributed by atoms with Gasteiger partial charge in [0.25, 0.3) is 11.9 Å². The minimum absolute atomic E-state index is 5.02. The quantitative estimate of drug-likeness (QED) is 0.531. The van der Waals surface area contributed by atoms with E-state index in [4.69, 9.17) is 4.55 Å². The van der Waals surface area contributed by atoms with Crippen LogP contribution in [-0.2, 0) is 10.1 Å². The van der Waals surface area contributed by atoms with Gasteiger partial charge in [-0.3, -0.25) is 4.55 Å². The molecule has 0 amide bonds. The topological polar surface area (TPSA) is 54.4 Å². The summed E-state index contributed by atoms with van der Waals surface area (Å²) in [6, 6.07) is 0. The summed E-state index contributed by atoms with van der Waals surface area (Å²) in [5.41, 5.74) is -5.53. The van der Waals surface area contributed by atoms with Crippen LogP contribution in [0.25, 0.3) is 0 Å². The van der Waals surface area contributed by atoms with Gasteiger partial charge in [0.15, 0.2) is 0 Å². The normalized spacial score (nSPS) is 18.2. The van der Waals surface area contributed by atoms with Crippen molar-refractivity contribution >= 4 is 10.1 Å². The van der Waals surface area contributed by atoms with E-state index in [0.717, 1.165) is 0 Å². The predicted octanol–water partition coefficient (Wildman–Crippen LogP) is 3.31. The maximum absolute atomic E-state index is 12.9. The van der Waals surface area contributed by atoms with Crippen molar-refractivity contribution in [1.29, 1.82) is 0 Å². The number of hydrogen-bond acceptors (Lipinski definition) is 2. The first-order chi connectivity index (χ1) is 9.76. The van der Waals surface area contributed by atoms with Crippen LogP contribution in [0.4, 0.5) is 52.7 Å². The molecule has 0 saturated heterocycles. The molecule has 0 saturated carbocycles. The summed E-state index contributed by atoms with van der Waals surface area (Å²) in [4.78, 5) is 0.